The predicted octanol–water partition coefficient (Wildman–Crippen LogP) is 3.34. The van der Waals surface area contributed by atoms with Crippen LogP contribution >= 0.6 is 0 Å². The lowest BCUT2D eigenvalue weighted by molar-refractivity contribution is 0.0523. The molecule has 0 atom stereocenters. The average molecular weight is 311 g/mol. The van der Waals surface area contributed by atoms with Crippen molar-refractivity contribution in [3.05, 3.63) is 29.3 Å². The van der Waals surface area contributed by atoms with Gasteiger partial charge in [-0.25, -0.2) is 13.6 Å². The second-order valence-electron chi connectivity index (χ2n) is 5.53. The maximum absolute atomic E-state index is 12.1. The number of carbonyl (C=O) groups is 1. The Morgan fingerprint density at radius 2 is 2.09 bits per heavy atom. The van der Waals surface area contributed by atoms with Crippen LogP contribution < -0.4 is 10.1 Å². The Balaban J connectivity index is 2.66. The molecule has 0 aliphatic carbocycles. The summed E-state index contributed by atoms with van der Waals surface area (Å²) in [5.41, 5.74) is 0.480. The van der Waals surface area contributed by atoms with Crippen LogP contribution in [-0.2, 0) is 11.3 Å². The first kappa shape index (κ1) is 17.8. The summed E-state index contributed by atoms with van der Waals surface area (Å²) < 4.78 is 34.3. The zero-order valence-corrected chi connectivity index (χ0v) is 12.8. The molecule has 22 heavy (non-hydrogen) atoms. The van der Waals surface area contributed by atoms with Gasteiger partial charge in [0.15, 0.2) is 0 Å². The van der Waals surface area contributed by atoms with E-state index < -0.39 is 24.7 Å². The van der Waals surface area contributed by atoms with Crippen LogP contribution in [0.5, 0.6) is 5.75 Å². The number of alkyl carbamates (subject to hydrolysis) is 1. The highest BCUT2D eigenvalue weighted by molar-refractivity contribution is 5.67. The Morgan fingerprint density at radius 1 is 1.41 bits per heavy atom. The third kappa shape index (κ3) is 6.44. The molecule has 120 valence electrons. The Hall–Kier alpha value is -2.29. The van der Waals surface area contributed by atoms with E-state index in [0.717, 1.165) is 0 Å². The first-order valence-electron chi connectivity index (χ1n) is 6.68. The number of benzene rings is 1. The van der Waals surface area contributed by atoms with Crippen LogP contribution in [0, 0.1) is 12.3 Å². The van der Waals surface area contributed by atoms with Crippen molar-refractivity contribution in [1.82, 2.24) is 5.32 Å². The van der Waals surface area contributed by atoms with Gasteiger partial charge >= 0.3 is 6.09 Å². The van der Waals surface area contributed by atoms with Crippen LogP contribution in [0.3, 0.4) is 0 Å². The largest absolute Gasteiger partial charge is 0.486 e. The van der Waals surface area contributed by atoms with Gasteiger partial charge in [-0.2, -0.15) is 0 Å². The molecule has 4 nitrogen and oxygen atoms in total. The molecule has 0 saturated heterocycles. The van der Waals surface area contributed by atoms with Crippen LogP contribution in [0.2, 0.25) is 0 Å². The molecule has 0 bridgehead atoms. The highest BCUT2D eigenvalue weighted by Crippen LogP contribution is 2.20. The number of ether oxygens (including phenoxy) is 2. The Labute approximate surface area is 128 Å². The average Bonchev–Trinajstić information content (AvgIpc) is 2.41. The van der Waals surface area contributed by atoms with Crippen molar-refractivity contribution in [1.29, 1.82) is 0 Å². The molecule has 0 spiro atoms. The molecule has 1 aromatic carbocycles. The molecule has 0 aliphatic rings. The van der Waals surface area contributed by atoms with Crippen LogP contribution in [0.1, 0.15) is 31.9 Å². The summed E-state index contributed by atoms with van der Waals surface area (Å²) in [6, 6.07) is 4.74. The number of alkyl halides is 2. The van der Waals surface area contributed by atoms with E-state index in [4.69, 9.17) is 15.9 Å². The molecule has 1 aromatic rings. The smallest absolute Gasteiger partial charge is 0.407 e. The zero-order valence-electron chi connectivity index (χ0n) is 12.8. The molecule has 6 heteroatoms. The fourth-order valence-electron chi connectivity index (χ4n) is 1.57. The summed E-state index contributed by atoms with van der Waals surface area (Å²) in [6.45, 7) is 4.78. The van der Waals surface area contributed by atoms with Gasteiger partial charge in [0.25, 0.3) is 6.43 Å². The topological polar surface area (TPSA) is 47.6 Å². The minimum atomic E-state index is -2.57. The van der Waals surface area contributed by atoms with Gasteiger partial charge in [-0.15, -0.1) is 6.42 Å². The fourth-order valence-corrected chi connectivity index (χ4v) is 1.57. The van der Waals surface area contributed by atoms with Crippen molar-refractivity contribution >= 4 is 6.09 Å². The summed E-state index contributed by atoms with van der Waals surface area (Å²) in [7, 11) is 0. The lowest BCUT2D eigenvalue weighted by Gasteiger charge is -2.19. The molecular formula is C16H19F2NO3. The van der Waals surface area contributed by atoms with Gasteiger partial charge in [-0.05, 0) is 38.5 Å². The lowest BCUT2D eigenvalue weighted by atomic mass is 10.1. The molecule has 1 N–H and O–H groups in total. The van der Waals surface area contributed by atoms with Crippen molar-refractivity contribution in [2.45, 2.75) is 39.3 Å². The number of amides is 1. The standard InChI is InChI=1S/C16H19F2NO3/c1-5-12-8-11(6-7-13(12)21-10-14(17)18)9-19-15(20)22-16(2,3)4/h1,6-8,14H,9-10H2,2-4H3,(H,19,20). The van der Waals surface area contributed by atoms with Gasteiger partial charge < -0.3 is 14.8 Å². The van der Waals surface area contributed by atoms with Gasteiger partial charge in [-0.3, -0.25) is 0 Å². The van der Waals surface area contributed by atoms with E-state index in [0.29, 0.717) is 11.1 Å². The van der Waals surface area contributed by atoms with Gasteiger partial charge in [0.05, 0.1) is 5.56 Å². The summed E-state index contributed by atoms with van der Waals surface area (Å²) in [5, 5.41) is 2.59. The molecule has 0 aromatic heterocycles. The molecule has 1 rings (SSSR count). The third-order valence-electron chi connectivity index (χ3n) is 2.40. The van der Waals surface area contributed by atoms with Crippen LogP contribution in [-0.4, -0.2) is 24.7 Å². The predicted molar refractivity (Wildman–Crippen MR) is 78.9 cm³/mol. The molecule has 0 radical (unpaired) electrons. The van der Waals surface area contributed by atoms with Gasteiger partial charge in [0.1, 0.15) is 18.0 Å². The minimum absolute atomic E-state index is 0.207. The van der Waals surface area contributed by atoms with Gasteiger partial charge in [-0.1, -0.05) is 12.0 Å². The van der Waals surface area contributed by atoms with Crippen LogP contribution in [0.15, 0.2) is 18.2 Å². The lowest BCUT2D eigenvalue weighted by Crippen LogP contribution is -2.32. The van der Waals surface area contributed by atoms with E-state index >= 15 is 0 Å². The SMILES string of the molecule is C#Cc1cc(CNC(=O)OC(C)(C)C)ccc1OCC(F)F. The number of hydrogen-bond acceptors (Lipinski definition) is 3. The first-order chi connectivity index (χ1) is 10.2. The maximum atomic E-state index is 12.1. The normalized spacial score (nSPS) is 11.0. The van der Waals surface area contributed by atoms with Gasteiger partial charge in [0, 0.05) is 6.54 Å². The molecule has 0 fully saturated rings. The summed E-state index contributed by atoms with van der Waals surface area (Å²) >= 11 is 0. The summed E-state index contributed by atoms with van der Waals surface area (Å²) in [6.07, 6.45) is 2.22. The number of carbonyl (C=O) groups excluding carboxylic acids is 1. The van der Waals surface area contributed by atoms with E-state index in [1.54, 1.807) is 32.9 Å². The number of hydrogen-bond donors (Lipinski definition) is 1. The molecule has 1 amide bonds. The first-order valence-corrected chi connectivity index (χ1v) is 6.68. The Morgan fingerprint density at radius 3 is 2.64 bits per heavy atom. The van der Waals surface area contributed by atoms with Crippen LogP contribution in [0.4, 0.5) is 13.6 Å². The van der Waals surface area contributed by atoms with Crippen molar-refractivity contribution in [2.24, 2.45) is 0 Å². The molecular weight excluding hydrogens is 292 g/mol. The summed E-state index contributed by atoms with van der Waals surface area (Å²) in [5.74, 6) is 2.58. The zero-order chi connectivity index (χ0) is 16.8. The Bertz CT molecular complexity index is 559. The van der Waals surface area contributed by atoms with Crippen molar-refractivity contribution in [2.75, 3.05) is 6.61 Å². The van der Waals surface area contributed by atoms with Crippen LogP contribution in [0.25, 0.3) is 0 Å². The molecule has 0 aliphatic heterocycles. The van der Waals surface area contributed by atoms with E-state index in [1.807, 2.05) is 0 Å². The van der Waals surface area contributed by atoms with Crippen molar-refractivity contribution in [3.8, 4) is 18.1 Å². The van der Waals surface area contributed by atoms with E-state index in [2.05, 4.69) is 11.2 Å². The maximum Gasteiger partial charge on any atom is 0.407 e. The minimum Gasteiger partial charge on any atom is -0.486 e. The number of rotatable bonds is 5. The quantitative estimate of drug-likeness (QED) is 0.849. The van der Waals surface area contributed by atoms with Gasteiger partial charge in [0.2, 0.25) is 0 Å². The highest BCUT2D eigenvalue weighted by atomic mass is 19.3. The monoisotopic (exact) mass is 311 g/mol. The van der Waals surface area contributed by atoms with Crippen molar-refractivity contribution < 1.29 is 23.0 Å². The second-order valence-corrected chi connectivity index (χ2v) is 5.53. The third-order valence-corrected chi connectivity index (χ3v) is 2.40. The number of halogens is 2. The second kappa shape index (κ2) is 7.64. The summed E-state index contributed by atoms with van der Waals surface area (Å²) in [4.78, 5) is 11.5. The van der Waals surface area contributed by atoms with E-state index in [9.17, 15) is 13.6 Å². The van der Waals surface area contributed by atoms with Crippen molar-refractivity contribution in [3.63, 3.8) is 0 Å². The number of terminal acetylenes is 1. The Kier molecular flexibility index (Phi) is 6.17. The number of nitrogens with one attached hydrogen (secondary N) is 1. The molecule has 0 heterocycles. The fraction of sp³-hybridized carbons (Fsp3) is 0.438. The molecule has 0 unspecified atom stereocenters. The molecule has 0 saturated carbocycles. The highest BCUT2D eigenvalue weighted by Gasteiger charge is 2.16. The van der Waals surface area contributed by atoms with E-state index in [1.165, 1.54) is 6.07 Å². The van der Waals surface area contributed by atoms with E-state index in [-0.39, 0.29) is 12.3 Å².